The van der Waals surface area contributed by atoms with Crippen LogP contribution in [0.25, 0.3) is 16.8 Å². The first kappa shape index (κ1) is 16.6. The van der Waals surface area contributed by atoms with Crippen molar-refractivity contribution in [1.29, 1.82) is 0 Å². The van der Waals surface area contributed by atoms with Crippen molar-refractivity contribution in [3.63, 3.8) is 0 Å². The van der Waals surface area contributed by atoms with E-state index in [4.69, 9.17) is 9.84 Å². The molecule has 0 aliphatic rings. The third-order valence-corrected chi connectivity index (χ3v) is 4.13. The van der Waals surface area contributed by atoms with Crippen LogP contribution >= 0.6 is 0 Å². The summed E-state index contributed by atoms with van der Waals surface area (Å²) in [5.74, 6) is 0.190. The van der Waals surface area contributed by atoms with Crippen LogP contribution < -0.4 is 10.1 Å². The number of rotatable bonds is 5. The molecule has 7 heteroatoms. The molecule has 0 aliphatic heterocycles. The van der Waals surface area contributed by atoms with Crippen molar-refractivity contribution in [3.8, 4) is 16.9 Å². The molecule has 0 atom stereocenters. The van der Waals surface area contributed by atoms with E-state index in [9.17, 15) is 4.79 Å². The minimum absolute atomic E-state index is 0.197. The summed E-state index contributed by atoms with van der Waals surface area (Å²) in [5, 5.41) is 16.6. The third-order valence-electron chi connectivity index (χ3n) is 4.13. The largest absolute Gasteiger partial charge is 0.497 e. The summed E-state index contributed by atoms with van der Waals surface area (Å²) in [4.78, 5) is 15.7. The number of carbonyl (C=O) groups is 1. The molecular formula is C20H16N4O3. The molecule has 0 fully saturated rings. The van der Waals surface area contributed by atoms with Crippen LogP contribution in [-0.2, 0) is 0 Å². The van der Waals surface area contributed by atoms with Crippen molar-refractivity contribution in [2.75, 3.05) is 12.4 Å². The highest BCUT2D eigenvalue weighted by Crippen LogP contribution is 2.26. The predicted molar refractivity (Wildman–Crippen MR) is 102 cm³/mol. The van der Waals surface area contributed by atoms with Crippen molar-refractivity contribution < 1.29 is 14.6 Å². The number of ether oxygens (including phenoxy) is 1. The maximum atomic E-state index is 11.1. The molecule has 0 spiro atoms. The second kappa shape index (κ2) is 6.80. The number of hydrogen-bond acceptors (Lipinski definition) is 5. The summed E-state index contributed by atoms with van der Waals surface area (Å²) in [6, 6.07) is 18.1. The Kier molecular flexibility index (Phi) is 4.18. The van der Waals surface area contributed by atoms with E-state index >= 15 is 0 Å². The molecule has 0 aliphatic carbocycles. The molecule has 0 unspecified atom stereocenters. The molecule has 0 bridgehead atoms. The molecule has 2 N–H and O–H groups in total. The molecule has 7 nitrogen and oxygen atoms in total. The van der Waals surface area contributed by atoms with E-state index in [0.29, 0.717) is 17.3 Å². The van der Waals surface area contributed by atoms with Gasteiger partial charge in [-0.05, 0) is 48.0 Å². The Morgan fingerprint density at radius 2 is 1.93 bits per heavy atom. The zero-order chi connectivity index (χ0) is 18.8. The lowest BCUT2D eigenvalue weighted by atomic mass is 10.1. The fourth-order valence-corrected chi connectivity index (χ4v) is 2.81. The van der Waals surface area contributed by atoms with Gasteiger partial charge < -0.3 is 15.2 Å². The summed E-state index contributed by atoms with van der Waals surface area (Å²) >= 11 is 0. The first-order valence-corrected chi connectivity index (χ1v) is 8.24. The van der Waals surface area contributed by atoms with E-state index < -0.39 is 5.97 Å². The third kappa shape index (κ3) is 3.30. The quantitative estimate of drug-likeness (QED) is 0.562. The van der Waals surface area contributed by atoms with Gasteiger partial charge in [0.1, 0.15) is 5.75 Å². The number of aromatic nitrogens is 3. The number of hydrogen-bond donors (Lipinski definition) is 2. The van der Waals surface area contributed by atoms with Gasteiger partial charge in [0.05, 0.1) is 12.7 Å². The first-order chi connectivity index (χ1) is 13.1. The molecule has 134 valence electrons. The van der Waals surface area contributed by atoms with Crippen LogP contribution in [0.4, 0.5) is 11.6 Å². The molecule has 4 rings (SSSR count). The minimum Gasteiger partial charge on any atom is -0.497 e. The predicted octanol–water partition coefficient (Wildman–Crippen LogP) is 3.85. The summed E-state index contributed by atoms with van der Waals surface area (Å²) in [6.07, 6.45) is 1.81. The highest BCUT2D eigenvalue weighted by Gasteiger charge is 2.11. The van der Waals surface area contributed by atoms with Crippen molar-refractivity contribution in [3.05, 3.63) is 72.4 Å². The summed E-state index contributed by atoms with van der Waals surface area (Å²) in [5.41, 5.74) is 3.42. The molecule has 27 heavy (non-hydrogen) atoms. The van der Waals surface area contributed by atoms with Crippen LogP contribution in [0.2, 0.25) is 0 Å². The van der Waals surface area contributed by atoms with Gasteiger partial charge in [-0.1, -0.05) is 18.2 Å². The van der Waals surface area contributed by atoms with Gasteiger partial charge in [-0.3, -0.25) is 0 Å². The molecule has 2 aromatic heterocycles. The van der Waals surface area contributed by atoms with E-state index in [1.54, 1.807) is 29.8 Å². The number of benzene rings is 2. The highest BCUT2D eigenvalue weighted by molar-refractivity contribution is 5.89. The van der Waals surface area contributed by atoms with Crippen LogP contribution in [0.5, 0.6) is 5.75 Å². The second-order valence-corrected chi connectivity index (χ2v) is 5.86. The Hall–Kier alpha value is -3.87. The van der Waals surface area contributed by atoms with E-state index in [1.165, 1.54) is 6.07 Å². The Labute approximate surface area is 154 Å². The fraction of sp³-hybridized carbons (Fsp3) is 0.0500. The van der Waals surface area contributed by atoms with Crippen molar-refractivity contribution in [2.45, 2.75) is 0 Å². The second-order valence-electron chi connectivity index (χ2n) is 5.86. The van der Waals surface area contributed by atoms with Crippen LogP contribution in [0.3, 0.4) is 0 Å². The lowest BCUT2D eigenvalue weighted by Gasteiger charge is -2.04. The topological polar surface area (TPSA) is 88.8 Å². The number of nitrogens with one attached hydrogen (secondary N) is 1. The maximum absolute atomic E-state index is 11.1. The average Bonchev–Trinajstić information content (AvgIpc) is 3.10. The molecule has 2 heterocycles. The van der Waals surface area contributed by atoms with Gasteiger partial charge >= 0.3 is 5.97 Å². The Balaban J connectivity index is 1.70. The zero-order valence-corrected chi connectivity index (χ0v) is 14.5. The van der Waals surface area contributed by atoms with Crippen LogP contribution in [0.15, 0.2) is 66.9 Å². The number of aromatic carboxylic acids is 1. The monoisotopic (exact) mass is 360 g/mol. The standard InChI is InChI=1S/C20H16N4O3/c1-27-16-9-7-13(8-10-16)17-6-3-11-24-18(17)22-20(23-24)21-15-5-2-4-14(12-15)19(25)26/h2-12H,1H3,(H,21,23)(H,25,26). The normalized spacial score (nSPS) is 10.7. The van der Waals surface area contributed by atoms with Gasteiger partial charge in [0.25, 0.3) is 0 Å². The Bertz CT molecular complexity index is 1120. The molecule has 0 radical (unpaired) electrons. The van der Waals surface area contributed by atoms with Crippen LogP contribution in [0, 0.1) is 0 Å². The molecule has 0 saturated carbocycles. The summed E-state index contributed by atoms with van der Waals surface area (Å²) < 4.78 is 6.89. The van der Waals surface area contributed by atoms with Gasteiger partial charge in [-0.25, -0.2) is 9.31 Å². The molecule has 4 aromatic rings. The van der Waals surface area contributed by atoms with E-state index in [2.05, 4.69) is 15.4 Å². The summed E-state index contributed by atoms with van der Waals surface area (Å²) in [7, 11) is 1.63. The number of methoxy groups -OCH3 is 1. The van der Waals surface area contributed by atoms with Gasteiger partial charge in [0.15, 0.2) is 5.65 Å². The number of nitrogens with zero attached hydrogens (tertiary/aromatic N) is 3. The number of carboxylic acids is 1. The molecule has 2 aromatic carbocycles. The highest BCUT2D eigenvalue weighted by atomic mass is 16.5. The minimum atomic E-state index is -0.983. The van der Waals surface area contributed by atoms with Crippen LogP contribution in [-0.4, -0.2) is 32.8 Å². The average molecular weight is 360 g/mol. The van der Waals surface area contributed by atoms with Crippen molar-refractivity contribution >= 4 is 23.3 Å². The van der Waals surface area contributed by atoms with Crippen molar-refractivity contribution in [2.24, 2.45) is 0 Å². The van der Waals surface area contributed by atoms with Crippen LogP contribution in [0.1, 0.15) is 10.4 Å². The maximum Gasteiger partial charge on any atom is 0.335 e. The molecule has 0 amide bonds. The number of anilines is 2. The smallest absolute Gasteiger partial charge is 0.335 e. The zero-order valence-electron chi connectivity index (χ0n) is 14.5. The molecular weight excluding hydrogens is 344 g/mol. The Morgan fingerprint density at radius 3 is 2.67 bits per heavy atom. The van der Waals surface area contributed by atoms with Gasteiger partial charge in [0, 0.05) is 17.4 Å². The lowest BCUT2D eigenvalue weighted by molar-refractivity contribution is 0.0697. The number of carboxylic acid groups (broad SMARTS) is 1. The van der Waals surface area contributed by atoms with Gasteiger partial charge in [-0.15, -0.1) is 5.10 Å². The van der Waals surface area contributed by atoms with E-state index in [1.807, 2.05) is 42.6 Å². The first-order valence-electron chi connectivity index (χ1n) is 8.24. The van der Waals surface area contributed by atoms with Gasteiger partial charge in [-0.2, -0.15) is 4.98 Å². The van der Waals surface area contributed by atoms with E-state index in [-0.39, 0.29) is 5.56 Å². The molecule has 0 saturated heterocycles. The van der Waals surface area contributed by atoms with Crippen molar-refractivity contribution in [1.82, 2.24) is 14.6 Å². The number of pyridine rings is 1. The lowest BCUT2D eigenvalue weighted by Crippen LogP contribution is -1.98. The Morgan fingerprint density at radius 1 is 1.11 bits per heavy atom. The fourth-order valence-electron chi connectivity index (χ4n) is 2.81. The number of fused-ring (bicyclic) bond motifs is 1. The summed E-state index contributed by atoms with van der Waals surface area (Å²) in [6.45, 7) is 0. The van der Waals surface area contributed by atoms with E-state index in [0.717, 1.165) is 16.9 Å². The van der Waals surface area contributed by atoms with Gasteiger partial charge in [0.2, 0.25) is 5.95 Å². The SMILES string of the molecule is COc1ccc(-c2cccn3nc(Nc4cccc(C(=O)O)c4)nc23)cc1.